The van der Waals surface area contributed by atoms with Crippen molar-refractivity contribution in [2.45, 2.75) is 6.92 Å². The fraction of sp³-hybridized carbons (Fsp3) is 0.143. The van der Waals surface area contributed by atoms with Crippen molar-refractivity contribution in [2.75, 3.05) is 12.8 Å². The number of aryl methyl sites for hydroxylation is 1. The molecule has 0 unspecified atom stereocenters. The normalized spacial score (nSPS) is 10.3. The third-order valence-corrected chi connectivity index (χ3v) is 3.13. The molecule has 0 aliphatic rings. The molecule has 0 fully saturated rings. The molecule has 100 valence electrons. The summed E-state index contributed by atoms with van der Waals surface area (Å²) >= 11 is 3.38. The van der Waals surface area contributed by atoms with Gasteiger partial charge in [-0.3, -0.25) is 0 Å². The van der Waals surface area contributed by atoms with E-state index in [1.165, 1.54) is 19.2 Å². The molecule has 0 aromatic heterocycles. The van der Waals surface area contributed by atoms with Gasteiger partial charge in [0.2, 0.25) is 0 Å². The first-order valence-electron chi connectivity index (χ1n) is 5.58. The Morgan fingerprint density at radius 3 is 2.47 bits per heavy atom. The van der Waals surface area contributed by atoms with E-state index in [1.54, 1.807) is 0 Å². The SMILES string of the molecule is COc1cc(Oc2ccc(Br)cc2C)c(N)cc1F. The molecule has 0 heterocycles. The number of nitrogens with two attached hydrogens (primary N) is 1. The van der Waals surface area contributed by atoms with Crippen molar-refractivity contribution in [1.29, 1.82) is 0 Å². The molecule has 0 amide bonds. The number of benzene rings is 2. The van der Waals surface area contributed by atoms with Gasteiger partial charge in [-0.25, -0.2) is 4.39 Å². The molecule has 0 aliphatic carbocycles. The summed E-state index contributed by atoms with van der Waals surface area (Å²) in [5.74, 6) is 0.603. The van der Waals surface area contributed by atoms with Gasteiger partial charge < -0.3 is 15.2 Å². The fourth-order valence-electron chi connectivity index (χ4n) is 1.64. The number of ether oxygens (including phenoxy) is 2. The molecule has 2 rings (SSSR count). The summed E-state index contributed by atoms with van der Waals surface area (Å²) in [6.07, 6.45) is 0. The van der Waals surface area contributed by atoms with E-state index in [-0.39, 0.29) is 11.4 Å². The molecule has 0 aliphatic heterocycles. The molecule has 0 saturated heterocycles. The zero-order valence-corrected chi connectivity index (χ0v) is 12.1. The van der Waals surface area contributed by atoms with Gasteiger partial charge in [0, 0.05) is 16.6 Å². The highest BCUT2D eigenvalue weighted by Crippen LogP contribution is 2.35. The summed E-state index contributed by atoms with van der Waals surface area (Å²) in [5, 5.41) is 0. The molecule has 2 aromatic carbocycles. The topological polar surface area (TPSA) is 44.5 Å². The van der Waals surface area contributed by atoms with Gasteiger partial charge in [-0.1, -0.05) is 15.9 Å². The van der Waals surface area contributed by atoms with Gasteiger partial charge in [0.1, 0.15) is 5.75 Å². The molecule has 0 spiro atoms. The number of hydrogen-bond acceptors (Lipinski definition) is 3. The number of anilines is 1. The van der Waals surface area contributed by atoms with Gasteiger partial charge in [-0.05, 0) is 30.7 Å². The summed E-state index contributed by atoms with van der Waals surface area (Å²) in [4.78, 5) is 0. The Hall–Kier alpha value is -1.75. The first-order valence-corrected chi connectivity index (χ1v) is 6.37. The molecule has 0 bridgehead atoms. The van der Waals surface area contributed by atoms with Crippen LogP contribution in [0.3, 0.4) is 0 Å². The van der Waals surface area contributed by atoms with Crippen molar-refractivity contribution in [3.8, 4) is 17.2 Å². The maximum atomic E-state index is 13.4. The quantitative estimate of drug-likeness (QED) is 0.856. The monoisotopic (exact) mass is 325 g/mol. The number of halogens is 2. The van der Waals surface area contributed by atoms with Gasteiger partial charge in [0.15, 0.2) is 17.3 Å². The lowest BCUT2D eigenvalue weighted by Gasteiger charge is -2.12. The highest BCUT2D eigenvalue weighted by molar-refractivity contribution is 9.10. The van der Waals surface area contributed by atoms with Gasteiger partial charge in [0.05, 0.1) is 12.8 Å². The van der Waals surface area contributed by atoms with Crippen molar-refractivity contribution >= 4 is 21.6 Å². The van der Waals surface area contributed by atoms with Crippen molar-refractivity contribution in [1.82, 2.24) is 0 Å². The van der Waals surface area contributed by atoms with Crippen LogP contribution in [0.4, 0.5) is 10.1 Å². The Morgan fingerprint density at radius 2 is 1.84 bits per heavy atom. The zero-order chi connectivity index (χ0) is 14.0. The van der Waals surface area contributed by atoms with E-state index in [4.69, 9.17) is 15.2 Å². The predicted molar refractivity (Wildman–Crippen MR) is 76.3 cm³/mol. The van der Waals surface area contributed by atoms with Crippen LogP contribution in [-0.2, 0) is 0 Å². The van der Waals surface area contributed by atoms with E-state index in [0.717, 1.165) is 10.0 Å². The lowest BCUT2D eigenvalue weighted by atomic mass is 10.2. The van der Waals surface area contributed by atoms with E-state index in [2.05, 4.69) is 15.9 Å². The van der Waals surface area contributed by atoms with Crippen LogP contribution in [-0.4, -0.2) is 7.11 Å². The van der Waals surface area contributed by atoms with E-state index < -0.39 is 5.82 Å². The van der Waals surface area contributed by atoms with Crippen molar-refractivity contribution in [3.05, 3.63) is 46.2 Å². The summed E-state index contributed by atoms with van der Waals surface area (Å²) < 4.78 is 25.0. The molecule has 0 atom stereocenters. The molecule has 5 heteroatoms. The lowest BCUT2D eigenvalue weighted by Crippen LogP contribution is -1.97. The van der Waals surface area contributed by atoms with E-state index in [1.807, 2.05) is 25.1 Å². The van der Waals surface area contributed by atoms with Crippen LogP contribution in [0, 0.1) is 12.7 Å². The van der Waals surface area contributed by atoms with Gasteiger partial charge >= 0.3 is 0 Å². The highest BCUT2D eigenvalue weighted by atomic mass is 79.9. The molecule has 3 nitrogen and oxygen atoms in total. The van der Waals surface area contributed by atoms with E-state index >= 15 is 0 Å². The third-order valence-electron chi connectivity index (χ3n) is 2.64. The van der Waals surface area contributed by atoms with Crippen LogP contribution < -0.4 is 15.2 Å². The standard InChI is InChI=1S/C14H13BrFNO2/c1-8-5-9(15)3-4-12(8)19-14-7-13(18-2)10(16)6-11(14)17/h3-7H,17H2,1-2H3. The maximum absolute atomic E-state index is 13.4. The van der Waals surface area contributed by atoms with Crippen LogP contribution in [0.1, 0.15) is 5.56 Å². The van der Waals surface area contributed by atoms with Gasteiger partial charge in [-0.2, -0.15) is 0 Å². The fourth-order valence-corrected chi connectivity index (χ4v) is 2.12. The summed E-state index contributed by atoms with van der Waals surface area (Å²) in [5.41, 5.74) is 6.91. The average Bonchev–Trinajstić information content (AvgIpc) is 2.35. The molecule has 0 saturated carbocycles. The van der Waals surface area contributed by atoms with Crippen molar-refractivity contribution in [2.24, 2.45) is 0 Å². The van der Waals surface area contributed by atoms with Gasteiger partial charge in [0.25, 0.3) is 0 Å². The number of methoxy groups -OCH3 is 1. The Bertz CT molecular complexity index is 617. The van der Waals surface area contributed by atoms with Crippen LogP contribution in [0.25, 0.3) is 0 Å². The minimum atomic E-state index is -0.514. The van der Waals surface area contributed by atoms with Crippen LogP contribution in [0.2, 0.25) is 0 Å². The predicted octanol–water partition coefficient (Wildman–Crippen LogP) is 4.28. The Balaban J connectivity index is 2.37. The van der Waals surface area contributed by atoms with Crippen LogP contribution in [0.15, 0.2) is 34.8 Å². The average molecular weight is 326 g/mol. The Labute approximate surface area is 119 Å². The molecule has 19 heavy (non-hydrogen) atoms. The largest absolute Gasteiger partial charge is 0.494 e. The molecule has 2 N–H and O–H groups in total. The third kappa shape index (κ3) is 2.98. The molecular weight excluding hydrogens is 313 g/mol. The number of hydrogen-bond donors (Lipinski definition) is 1. The summed E-state index contributed by atoms with van der Waals surface area (Å²) in [6.45, 7) is 1.91. The summed E-state index contributed by atoms with van der Waals surface area (Å²) in [7, 11) is 1.39. The maximum Gasteiger partial charge on any atom is 0.167 e. The second kappa shape index (κ2) is 5.48. The zero-order valence-electron chi connectivity index (χ0n) is 10.5. The van der Waals surface area contributed by atoms with Gasteiger partial charge in [-0.15, -0.1) is 0 Å². The number of nitrogen functional groups attached to an aromatic ring is 1. The molecule has 2 aromatic rings. The summed E-state index contributed by atoms with van der Waals surface area (Å²) in [6, 6.07) is 8.22. The minimum Gasteiger partial charge on any atom is -0.494 e. The van der Waals surface area contributed by atoms with Crippen LogP contribution in [0.5, 0.6) is 17.2 Å². The molecular formula is C14H13BrFNO2. The second-order valence-electron chi connectivity index (χ2n) is 4.04. The number of rotatable bonds is 3. The van der Waals surface area contributed by atoms with Crippen molar-refractivity contribution < 1.29 is 13.9 Å². The molecule has 0 radical (unpaired) electrons. The Kier molecular flexibility index (Phi) is 3.95. The lowest BCUT2D eigenvalue weighted by molar-refractivity contribution is 0.382. The smallest absolute Gasteiger partial charge is 0.167 e. The first kappa shape index (κ1) is 13.7. The Morgan fingerprint density at radius 1 is 1.11 bits per heavy atom. The second-order valence-corrected chi connectivity index (χ2v) is 4.95. The van der Waals surface area contributed by atoms with Crippen molar-refractivity contribution in [3.63, 3.8) is 0 Å². The van der Waals surface area contributed by atoms with E-state index in [9.17, 15) is 4.39 Å². The van der Waals surface area contributed by atoms with Crippen LogP contribution >= 0.6 is 15.9 Å². The first-order chi connectivity index (χ1) is 9.01. The highest BCUT2D eigenvalue weighted by Gasteiger charge is 2.11. The van der Waals surface area contributed by atoms with E-state index in [0.29, 0.717) is 11.5 Å². The minimum absolute atomic E-state index is 0.0963.